The Labute approximate surface area is 145 Å². The molecule has 0 saturated heterocycles. The van der Waals surface area contributed by atoms with E-state index in [9.17, 15) is 20.1 Å². The van der Waals surface area contributed by atoms with Crippen LogP contribution in [0.25, 0.3) is 0 Å². The van der Waals surface area contributed by atoms with E-state index in [1.807, 2.05) is 0 Å². The van der Waals surface area contributed by atoms with Crippen LogP contribution in [0.4, 0.5) is 0 Å². The summed E-state index contributed by atoms with van der Waals surface area (Å²) in [5.74, 6) is -3.93. The number of aliphatic hydroxyl groups is 3. The molecule has 2 rings (SSSR count). The van der Waals surface area contributed by atoms with E-state index in [-0.39, 0.29) is 17.1 Å². The van der Waals surface area contributed by atoms with Crippen molar-refractivity contribution in [3.05, 3.63) is 70.9 Å². The van der Waals surface area contributed by atoms with Gasteiger partial charge in [0.1, 0.15) is 5.76 Å². The molecule has 134 valence electrons. The summed E-state index contributed by atoms with van der Waals surface area (Å²) in [6.07, 6.45) is 1.06. The van der Waals surface area contributed by atoms with Gasteiger partial charge in [-0.1, -0.05) is 30.3 Å². The van der Waals surface area contributed by atoms with Crippen LogP contribution in [-0.4, -0.2) is 54.3 Å². The second kappa shape index (κ2) is 7.52. The van der Waals surface area contributed by atoms with Gasteiger partial charge in [-0.15, -0.1) is 0 Å². The van der Waals surface area contributed by atoms with E-state index in [0.717, 1.165) is 0 Å². The average molecular weight is 348 g/mol. The van der Waals surface area contributed by atoms with Crippen LogP contribution in [0.1, 0.15) is 10.4 Å². The molecule has 0 aromatic heterocycles. The molecule has 7 nitrogen and oxygen atoms in total. The molecule has 0 radical (unpaired) electrons. The van der Waals surface area contributed by atoms with Crippen molar-refractivity contribution in [2.75, 3.05) is 21.3 Å². The largest absolute Gasteiger partial charge is 0.509 e. The Kier molecular flexibility index (Phi) is 5.63. The lowest BCUT2D eigenvalue weighted by molar-refractivity contribution is -0.242. The van der Waals surface area contributed by atoms with E-state index < -0.39 is 23.4 Å². The SMILES string of the molecule is COC1=C(O)C(C=CC(=O)c2ccccc2)=C(O)C(OC)C1(O)OC. The highest BCUT2D eigenvalue weighted by atomic mass is 16.7. The van der Waals surface area contributed by atoms with Crippen LogP contribution in [0.2, 0.25) is 0 Å². The Hall–Kier alpha value is -2.61. The molecule has 0 fully saturated rings. The van der Waals surface area contributed by atoms with Crippen molar-refractivity contribution in [1.29, 1.82) is 0 Å². The molecule has 0 bridgehead atoms. The molecule has 1 aromatic carbocycles. The maximum atomic E-state index is 12.2. The first-order valence-corrected chi connectivity index (χ1v) is 7.39. The topological polar surface area (TPSA) is 105 Å². The number of benzene rings is 1. The van der Waals surface area contributed by atoms with Gasteiger partial charge in [0.25, 0.3) is 5.79 Å². The molecule has 0 saturated carbocycles. The highest BCUT2D eigenvalue weighted by Crippen LogP contribution is 2.38. The zero-order chi connectivity index (χ0) is 18.6. The number of ether oxygens (including phenoxy) is 3. The lowest BCUT2D eigenvalue weighted by Gasteiger charge is -2.37. The van der Waals surface area contributed by atoms with Crippen molar-refractivity contribution in [2.45, 2.75) is 11.9 Å². The van der Waals surface area contributed by atoms with Crippen molar-refractivity contribution in [2.24, 2.45) is 0 Å². The lowest BCUT2D eigenvalue weighted by Crippen LogP contribution is -2.51. The van der Waals surface area contributed by atoms with Crippen LogP contribution in [0.3, 0.4) is 0 Å². The number of carbonyl (C=O) groups excluding carboxylic acids is 1. The minimum Gasteiger partial charge on any atom is -0.509 e. The third-order valence-electron chi connectivity index (χ3n) is 3.89. The van der Waals surface area contributed by atoms with Gasteiger partial charge in [0.15, 0.2) is 17.6 Å². The maximum absolute atomic E-state index is 12.2. The number of aliphatic hydroxyl groups excluding tert-OH is 2. The maximum Gasteiger partial charge on any atom is 0.263 e. The fourth-order valence-corrected chi connectivity index (χ4v) is 2.59. The predicted molar refractivity (Wildman–Crippen MR) is 89.0 cm³/mol. The van der Waals surface area contributed by atoms with Crippen LogP contribution in [0.5, 0.6) is 0 Å². The Morgan fingerprint density at radius 2 is 1.80 bits per heavy atom. The summed E-state index contributed by atoms with van der Waals surface area (Å²) in [4.78, 5) is 12.2. The fourth-order valence-electron chi connectivity index (χ4n) is 2.59. The first kappa shape index (κ1) is 18.7. The Balaban J connectivity index is 2.45. The van der Waals surface area contributed by atoms with Crippen molar-refractivity contribution in [3.63, 3.8) is 0 Å². The number of methoxy groups -OCH3 is 3. The quantitative estimate of drug-likeness (QED) is 0.410. The zero-order valence-corrected chi connectivity index (χ0v) is 14.1. The number of ketones is 1. The van der Waals surface area contributed by atoms with E-state index in [2.05, 4.69) is 0 Å². The summed E-state index contributed by atoms with van der Waals surface area (Å²) in [7, 11) is 3.64. The van der Waals surface area contributed by atoms with E-state index in [1.54, 1.807) is 30.3 Å². The van der Waals surface area contributed by atoms with Gasteiger partial charge in [-0.2, -0.15) is 0 Å². The molecule has 0 heterocycles. The summed E-state index contributed by atoms with van der Waals surface area (Å²) < 4.78 is 15.1. The van der Waals surface area contributed by atoms with Crippen LogP contribution >= 0.6 is 0 Å². The summed E-state index contributed by atoms with van der Waals surface area (Å²) in [5.41, 5.74) is 0.330. The van der Waals surface area contributed by atoms with Crippen molar-refractivity contribution >= 4 is 5.78 Å². The monoisotopic (exact) mass is 348 g/mol. The molecule has 1 aromatic rings. The third-order valence-corrected chi connectivity index (χ3v) is 3.89. The van der Waals surface area contributed by atoms with Crippen molar-refractivity contribution in [1.82, 2.24) is 0 Å². The smallest absolute Gasteiger partial charge is 0.263 e. The zero-order valence-electron chi connectivity index (χ0n) is 14.1. The first-order chi connectivity index (χ1) is 11.9. The fraction of sp³-hybridized carbons (Fsp3) is 0.278. The standard InChI is InChI=1S/C18H20O7/c1-23-16-14(20)12(15(21)17(24-2)18(16,22)25-3)9-10-13(19)11-7-5-4-6-8-11/h4-10,16,20-22H,1-3H3. The van der Waals surface area contributed by atoms with Crippen LogP contribution in [0.15, 0.2) is 65.3 Å². The number of hydrogen-bond donors (Lipinski definition) is 3. The molecular formula is C18H20O7. The second-order valence-electron chi connectivity index (χ2n) is 5.26. The number of allylic oxidation sites excluding steroid dienone is 2. The number of hydrogen-bond acceptors (Lipinski definition) is 7. The van der Waals surface area contributed by atoms with E-state index in [4.69, 9.17) is 14.2 Å². The molecule has 0 aliphatic heterocycles. The molecular weight excluding hydrogens is 328 g/mol. The third kappa shape index (κ3) is 3.30. The van der Waals surface area contributed by atoms with E-state index in [1.165, 1.54) is 33.5 Å². The average Bonchev–Trinajstić information content (AvgIpc) is 2.62. The normalized spacial score (nSPS) is 24.1. The second-order valence-corrected chi connectivity index (χ2v) is 5.26. The van der Waals surface area contributed by atoms with Gasteiger partial charge in [0.2, 0.25) is 5.76 Å². The van der Waals surface area contributed by atoms with Crippen molar-refractivity contribution < 1.29 is 34.3 Å². The van der Waals surface area contributed by atoms with E-state index >= 15 is 0 Å². The van der Waals surface area contributed by atoms with Gasteiger partial charge < -0.3 is 29.5 Å². The summed E-state index contributed by atoms with van der Waals surface area (Å²) >= 11 is 0. The number of rotatable bonds is 6. The van der Waals surface area contributed by atoms with Gasteiger partial charge in [-0.25, -0.2) is 0 Å². The minimum absolute atomic E-state index is 0.116. The van der Waals surface area contributed by atoms with E-state index in [0.29, 0.717) is 5.56 Å². The highest BCUT2D eigenvalue weighted by molar-refractivity contribution is 6.04. The molecule has 3 N–H and O–H groups in total. The molecule has 2 unspecified atom stereocenters. The van der Waals surface area contributed by atoms with Gasteiger partial charge >= 0.3 is 0 Å². The molecule has 0 spiro atoms. The summed E-state index contributed by atoms with van der Waals surface area (Å²) in [6.45, 7) is 0. The molecule has 0 amide bonds. The highest BCUT2D eigenvalue weighted by Gasteiger charge is 2.51. The molecule has 1 aliphatic carbocycles. The van der Waals surface area contributed by atoms with Crippen LogP contribution in [0, 0.1) is 0 Å². The Morgan fingerprint density at radius 1 is 1.16 bits per heavy atom. The van der Waals surface area contributed by atoms with Gasteiger partial charge in [-0.3, -0.25) is 4.79 Å². The summed E-state index contributed by atoms with van der Waals surface area (Å²) in [6, 6.07) is 8.50. The molecule has 7 heteroatoms. The number of carbonyl (C=O) groups is 1. The Morgan fingerprint density at radius 3 is 2.32 bits per heavy atom. The lowest BCUT2D eigenvalue weighted by atomic mass is 9.92. The van der Waals surface area contributed by atoms with Gasteiger partial charge in [0, 0.05) is 19.8 Å². The van der Waals surface area contributed by atoms with Gasteiger partial charge in [-0.05, 0) is 12.2 Å². The van der Waals surface area contributed by atoms with Gasteiger partial charge in [0.05, 0.1) is 12.7 Å². The van der Waals surface area contributed by atoms with Crippen molar-refractivity contribution in [3.8, 4) is 0 Å². The molecule has 1 aliphatic rings. The van der Waals surface area contributed by atoms with Crippen LogP contribution in [-0.2, 0) is 14.2 Å². The molecule has 2 atom stereocenters. The summed E-state index contributed by atoms with van der Waals surface area (Å²) in [5, 5.41) is 31.2. The molecule has 25 heavy (non-hydrogen) atoms. The van der Waals surface area contributed by atoms with Crippen LogP contribution < -0.4 is 0 Å². The first-order valence-electron chi connectivity index (χ1n) is 7.39. The minimum atomic E-state index is -2.21. The Bertz CT molecular complexity index is 733. The predicted octanol–water partition coefficient (Wildman–Crippen LogP) is 2.02.